The zero-order valence-corrected chi connectivity index (χ0v) is 18.4. The van der Waals surface area contributed by atoms with Crippen LogP contribution in [0.4, 0.5) is 5.69 Å². The maximum atomic E-state index is 12.5. The SMILES string of the molecule is CCc1cccc(CC)c1NC(=O)COc1ccc(C(C)(C)c2ccccc2)cc1. The van der Waals surface area contributed by atoms with Gasteiger partial charge >= 0.3 is 0 Å². The van der Waals surface area contributed by atoms with Crippen molar-refractivity contribution in [2.75, 3.05) is 11.9 Å². The molecule has 3 nitrogen and oxygen atoms in total. The second-order valence-corrected chi connectivity index (χ2v) is 8.01. The third-order valence-electron chi connectivity index (χ3n) is 5.70. The number of para-hydroxylation sites is 1. The lowest BCUT2D eigenvalue weighted by Crippen LogP contribution is -2.22. The first-order valence-electron chi connectivity index (χ1n) is 10.6. The van der Waals surface area contributed by atoms with Crippen molar-refractivity contribution >= 4 is 11.6 Å². The topological polar surface area (TPSA) is 38.3 Å². The van der Waals surface area contributed by atoms with Gasteiger partial charge < -0.3 is 10.1 Å². The highest BCUT2D eigenvalue weighted by Crippen LogP contribution is 2.32. The number of aryl methyl sites for hydroxylation is 2. The maximum Gasteiger partial charge on any atom is 0.262 e. The normalized spacial score (nSPS) is 11.2. The van der Waals surface area contributed by atoms with Gasteiger partial charge in [0.1, 0.15) is 5.75 Å². The summed E-state index contributed by atoms with van der Waals surface area (Å²) in [5.41, 5.74) is 5.59. The molecule has 0 saturated carbocycles. The Hall–Kier alpha value is -3.07. The summed E-state index contributed by atoms with van der Waals surface area (Å²) in [5, 5.41) is 3.04. The third-order valence-corrected chi connectivity index (χ3v) is 5.70. The number of nitrogens with one attached hydrogen (secondary N) is 1. The number of carbonyl (C=O) groups excluding carboxylic acids is 1. The summed E-state index contributed by atoms with van der Waals surface area (Å²) in [5.74, 6) is 0.552. The van der Waals surface area contributed by atoms with Gasteiger partial charge in [-0.1, -0.05) is 88.4 Å². The minimum atomic E-state index is -0.140. The van der Waals surface area contributed by atoms with Gasteiger partial charge in [0.2, 0.25) is 0 Å². The van der Waals surface area contributed by atoms with E-state index in [1.807, 2.05) is 24.3 Å². The van der Waals surface area contributed by atoms with Gasteiger partial charge in [-0.05, 0) is 47.2 Å². The molecule has 3 aromatic rings. The number of hydrogen-bond donors (Lipinski definition) is 1. The smallest absolute Gasteiger partial charge is 0.262 e. The molecule has 0 atom stereocenters. The Kier molecular flexibility index (Phi) is 6.94. The van der Waals surface area contributed by atoms with Crippen molar-refractivity contribution < 1.29 is 9.53 Å². The van der Waals surface area contributed by atoms with Crippen molar-refractivity contribution in [1.82, 2.24) is 0 Å². The van der Waals surface area contributed by atoms with Crippen LogP contribution >= 0.6 is 0 Å². The van der Waals surface area contributed by atoms with Crippen LogP contribution in [0, 0.1) is 0 Å². The highest BCUT2D eigenvalue weighted by atomic mass is 16.5. The molecule has 1 N–H and O–H groups in total. The molecule has 0 aliphatic carbocycles. The molecule has 0 spiro atoms. The van der Waals surface area contributed by atoms with E-state index in [1.54, 1.807) is 0 Å². The van der Waals surface area contributed by atoms with Crippen LogP contribution in [0.1, 0.15) is 49.9 Å². The van der Waals surface area contributed by atoms with Crippen LogP contribution in [0.3, 0.4) is 0 Å². The van der Waals surface area contributed by atoms with Crippen LogP contribution in [0.2, 0.25) is 0 Å². The van der Waals surface area contributed by atoms with Gasteiger partial charge in [0.05, 0.1) is 0 Å². The fourth-order valence-electron chi connectivity index (χ4n) is 3.72. The van der Waals surface area contributed by atoms with Crippen LogP contribution in [0.25, 0.3) is 0 Å². The number of rotatable bonds is 8. The molecule has 0 unspecified atom stereocenters. The van der Waals surface area contributed by atoms with Gasteiger partial charge in [0.25, 0.3) is 5.91 Å². The fraction of sp³-hybridized carbons (Fsp3) is 0.296. The van der Waals surface area contributed by atoms with E-state index in [2.05, 4.69) is 81.5 Å². The van der Waals surface area contributed by atoms with E-state index in [-0.39, 0.29) is 17.9 Å². The second-order valence-electron chi connectivity index (χ2n) is 8.01. The van der Waals surface area contributed by atoms with E-state index in [1.165, 1.54) is 11.1 Å². The number of amides is 1. The zero-order valence-electron chi connectivity index (χ0n) is 18.4. The lowest BCUT2D eigenvalue weighted by Gasteiger charge is -2.26. The van der Waals surface area contributed by atoms with E-state index >= 15 is 0 Å². The van der Waals surface area contributed by atoms with Crippen molar-refractivity contribution in [2.45, 2.75) is 46.0 Å². The van der Waals surface area contributed by atoms with Crippen molar-refractivity contribution in [2.24, 2.45) is 0 Å². The van der Waals surface area contributed by atoms with Crippen molar-refractivity contribution in [1.29, 1.82) is 0 Å². The Morgan fingerprint density at radius 1 is 0.800 bits per heavy atom. The van der Waals surface area contributed by atoms with Crippen molar-refractivity contribution in [3.8, 4) is 5.75 Å². The second kappa shape index (κ2) is 9.62. The van der Waals surface area contributed by atoms with Crippen LogP contribution in [-0.4, -0.2) is 12.5 Å². The Bertz CT molecular complexity index is 953. The van der Waals surface area contributed by atoms with E-state index in [0.29, 0.717) is 5.75 Å². The van der Waals surface area contributed by atoms with E-state index < -0.39 is 0 Å². The van der Waals surface area contributed by atoms with E-state index in [4.69, 9.17) is 4.74 Å². The highest BCUT2D eigenvalue weighted by Gasteiger charge is 2.22. The molecular weight excluding hydrogens is 370 g/mol. The quantitative estimate of drug-likeness (QED) is 0.491. The monoisotopic (exact) mass is 401 g/mol. The lowest BCUT2D eigenvalue weighted by molar-refractivity contribution is -0.118. The maximum absolute atomic E-state index is 12.5. The van der Waals surface area contributed by atoms with Crippen LogP contribution in [0.15, 0.2) is 72.8 Å². The minimum absolute atomic E-state index is 0.0113. The Morgan fingerprint density at radius 3 is 1.93 bits per heavy atom. The highest BCUT2D eigenvalue weighted by molar-refractivity contribution is 5.93. The fourth-order valence-corrected chi connectivity index (χ4v) is 3.72. The Morgan fingerprint density at radius 2 is 1.37 bits per heavy atom. The third kappa shape index (κ3) is 4.91. The molecule has 0 aliphatic heterocycles. The molecule has 30 heavy (non-hydrogen) atoms. The molecule has 0 radical (unpaired) electrons. The molecule has 3 rings (SSSR count). The summed E-state index contributed by atoms with van der Waals surface area (Å²) in [6.45, 7) is 8.60. The Balaban J connectivity index is 1.64. The molecular formula is C27H31NO2. The summed E-state index contributed by atoms with van der Waals surface area (Å²) in [7, 11) is 0. The molecule has 0 saturated heterocycles. The lowest BCUT2D eigenvalue weighted by atomic mass is 9.78. The molecule has 0 bridgehead atoms. The summed E-state index contributed by atoms with van der Waals surface area (Å²) in [4.78, 5) is 12.5. The molecule has 1 amide bonds. The van der Waals surface area contributed by atoms with Gasteiger partial charge in [-0.15, -0.1) is 0 Å². The molecule has 0 fully saturated rings. The molecule has 3 aromatic carbocycles. The predicted octanol–water partition coefficient (Wildman–Crippen LogP) is 6.15. The van der Waals surface area contributed by atoms with Gasteiger partial charge in [-0.2, -0.15) is 0 Å². The number of benzene rings is 3. The summed E-state index contributed by atoms with van der Waals surface area (Å²) in [6.07, 6.45) is 1.76. The van der Waals surface area contributed by atoms with Crippen molar-refractivity contribution in [3.63, 3.8) is 0 Å². The van der Waals surface area contributed by atoms with Gasteiger partial charge in [-0.25, -0.2) is 0 Å². The van der Waals surface area contributed by atoms with E-state index in [9.17, 15) is 4.79 Å². The minimum Gasteiger partial charge on any atom is -0.484 e. The summed E-state index contributed by atoms with van der Waals surface area (Å²) < 4.78 is 5.75. The first kappa shape index (κ1) is 21.6. The summed E-state index contributed by atoms with van der Waals surface area (Å²) >= 11 is 0. The van der Waals surface area contributed by atoms with Gasteiger partial charge in [0, 0.05) is 11.1 Å². The number of ether oxygens (including phenoxy) is 1. The van der Waals surface area contributed by atoms with Crippen LogP contribution < -0.4 is 10.1 Å². The van der Waals surface area contributed by atoms with Crippen molar-refractivity contribution in [3.05, 3.63) is 95.1 Å². The average molecular weight is 402 g/mol. The first-order chi connectivity index (χ1) is 14.5. The van der Waals surface area contributed by atoms with Gasteiger partial charge in [0.15, 0.2) is 6.61 Å². The molecule has 0 aliphatic rings. The standard InChI is InChI=1S/C27H31NO2/c1-5-20-11-10-12-21(6-2)26(20)28-25(29)19-30-24-17-15-23(16-18-24)27(3,4)22-13-8-7-9-14-22/h7-18H,5-6,19H2,1-4H3,(H,28,29). The molecule has 3 heteroatoms. The molecule has 0 heterocycles. The number of hydrogen-bond acceptors (Lipinski definition) is 2. The zero-order chi connectivity index (χ0) is 21.6. The number of anilines is 1. The summed E-state index contributed by atoms with van der Waals surface area (Å²) in [6, 6.07) is 24.6. The largest absolute Gasteiger partial charge is 0.484 e. The van der Waals surface area contributed by atoms with Gasteiger partial charge in [-0.3, -0.25) is 4.79 Å². The predicted molar refractivity (Wildman–Crippen MR) is 124 cm³/mol. The molecule has 156 valence electrons. The average Bonchev–Trinajstić information content (AvgIpc) is 2.78. The van der Waals surface area contributed by atoms with Crippen LogP contribution in [-0.2, 0) is 23.1 Å². The first-order valence-corrected chi connectivity index (χ1v) is 10.6. The number of carbonyl (C=O) groups is 1. The Labute approximate surface area is 180 Å². The van der Waals surface area contributed by atoms with E-state index in [0.717, 1.165) is 29.7 Å². The molecule has 0 aromatic heterocycles. The van der Waals surface area contributed by atoms with Crippen LogP contribution in [0.5, 0.6) is 5.75 Å².